The van der Waals surface area contributed by atoms with Crippen LogP contribution in [0.15, 0.2) is 60.0 Å². The number of aromatic nitrogens is 2. The molecule has 168 valence electrons. The maximum atomic E-state index is 12.8. The van der Waals surface area contributed by atoms with Crippen LogP contribution in [0.25, 0.3) is 0 Å². The molecule has 0 aliphatic carbocycles. The summed E-state index contributed by atoms with van der Waals surface area (Å²) in [5, 5.41) is 6.61. The number of ether oxygens (including phenoxy) is 1. The zero-order chi connectivity index (χ0) is 22.6. The van der Waals surface area contributed by atoms with Crippen molar-refractivity contribution < 1.29 is 9.53 Å². The molecule has 0 unspecified atom stereocenters. The molecule has 1 N–H and O–H groups in total. The van der Waals surface area contributed by atoms with Crippen LogP contribution < -0.4 is 10.1 Å². The topological polar surface area (TPSA) is 67.3 Å². The summed E-state index contributed by atoms with van der Waals surface area (Å²) in [7, 11) is 0. The average Bonchev–Trinajstić information content (AvgIpc) is 3.43. The number of hydrogen-bond donors (Lipinski definition) is 1. The molecule has 3 heterocycles. The predicted molar refractivity (Wildman–Crippen MR) is 132 cm³/mol. The molecule has 0 fully saturated rings. The molecular weight excluding hydrogens is 452 g/mol. The van der Waals surface area contributed by atoms with E-state index in [-0.39, 0.29) is 5.91 Å². The molecular formula is C25H24N4O2S2. The summed E-state index contributed by atoms with van der Waals surface area (Å²) in [6.45, 7) is 5.10. The molecule has 0 spiro atoms. The Morgan fingerprint density at radius 2 is 2.03 bits per heavy atom. The summed E-state index contributed by atoms with van der Waals surface area (Å²) >= 11 is 3.16. The van der Waals surface area contributed by atoms with Gasteiger partial charge in [-0.3, -0.25) is 15.0 Å². The van der Waals surface area contributed by atoms with Crippen molar-refractivity contribution in [3.8, 4) is 5.75 Å². The maximum absolute atomic E-state index is 12.8. The number of benzene rings is 2. The fourth-order valence-corrected chi connectivity index (χ4v) is 5.45. The van der Waals surface area contributed by atoms with Gasteiger partial charge in [-0.15, -0.1) is 22.7 Å². The second kappa shape index (κ2) is 9.82. The molecule has 33 heavy (non-hydrogen) atoms. The molecule has 6 nitrogen and oxygen atoms in total. The van der Waals surface area contributed by atoms with Crippen LogP contribution in [0.3, 0.4) is 0 Å². The largest absolute Gasteiger partial charge is 0.487 e. The number of carbonyl (C=O) groups is 1. The SMILES string of the molecule is Cc1nc(COc2cccc(C(=O)Nc3nc4c(s3)CN(Cc3ccccc3)CC4)c2)cs1. The Bertz CT molecular complexity index is 1250. The highest BCUT2D eigenvalue weighted by atomic mass is 32.1. The fourth-order valence-electron chi connectivity index (χ4n) is 3.81. The third kappa shape index (κ3) is 5.47. The van der Waals surface area contributed by atoms with Gasteiger partial charge in [-0.25, -0.2) is 9.97 Å². The number of amides is 1. The molecule has 0 saturated heterocycles. The lowest BCUT2D eigenvalue weighted by Gasteiger charge is -2.25. The molecule has 2 aromatic heterocycles. The normalized spacial score (nSPS) is 13.5. The summed E-state index contributed by atoms with van der Waals surface area (Å²) in [6, 6.07) is 17.7. The first-order chi connectivity index (χ1) is 16.1. The van der Waals surface area contributed by atoms with Crippen LogP contribution in [-0.2, 0) is 26.1 Å². The van der Waals surface area contributed by atoms with Gasteiger partial charge in [0.05, 0.1) is 16.4 Å². The number of aryl methyl sites for hydroxylation is 1. The van der Waals surface area contributed by atoms with E-state index in [9.17, 15) is 4.79 Å². The van der Waals surface area contributed by atoms with Crippen molar-refractivity contribution >= 4 is 33.7 Å². The summed E-state index contributed by atoms with van der Waals surface area (Å²) in [4.78, 5) is 25.6. The highest BCUT2D eigenvalue weighted by Gasteiger charge is 2.22. The minimum absolute atomic E-state index is 0.183. The molecule has 1 aliphatic rings. The second-order valence-electron chi connectivity index (χ2n) is 7.96. The van der Waals surface area contributed by atoms with Gasteiger partial charge in [0.15, 0.2) is 5.13 Å². The molecule has 2 aromatic carbocycles. The summed E-state index contributed by atoms with van der Waals surface area (Å²) in [5.74, 6) is 0.459. The minimum atomic E-state index is -0.183. The quantitative estimate of drug-likeness (QED) is 0.392. The van der Waals surface area contributed by atoms with Crippen molar-refractivity contribution in [2.45, 2.75) is 33.0 Å². The van der Waals surface area contributed by atoms with Crippen LogP contribution in [0.2, 0.25) is 0 Å². The van der Waals surface area contributed by atoms with Crippen LogP contribution in [0, 0.1) is 6.92 Å². The Labute approximate surface area is 200 Å². The Morgan fingerprint density at radius 1 is 1.15 bits per heavy atom. The lowest BCUT2D eigenvalue weighted by atomic mass is 10.1. The highest BCUT2D eigenvalue weighted by molar-refractivity contribution is 7.15. The molecule has 0 atom stereocenters. The van der Waals surface area contributed by atoms with Crippen molar-refractivity contribution in [3.05, 3.63) is 92.4 Å². The van der Waals surface area contributed by atoms with Crippen LogP contribution >= 0.6 is 22.7 Å². The van der Waals surface area contributed by atoms with Crippen molar-refractivity contribution in [3.63, 3.8) is 0 Å². The van der Waals surface area contributed by atoms with Crippen molar-refractivity contribution in [1.29, 1.82) is 0 Å². The number of rotatable bonds is 7. The Balaban J connectivity index is 1.20. The Kier molecular flexibility index (Phi) is 6.48. The van der Waals surface area contributed by atoms with Crippen molar-refractivity contribution in [2.75, 3.05) is 11.9 Å². The second-order valence-corrected chi connectivity index (χ2v) is 10.1. The van der Waals surface area contributed by atoms with Crippen molar-refractivity contribution in [1.82, 2.24) is 14.9 Å². The van der Waals surface area contributed by atoms with Crippen molar-refractivity contribution in [2.24, 2.45) is 0 Å². The number of nitrogens with zero attached hydrogens (tertiary/aromatic N) is 3. The van der Waals surface area contributed by atoms with Gasteiger partial charge < -0.3 is 4.74 Å². The van der Waals surface area contributed by atoms with E-state index in [1.165, 1.54) is 10.4 Å². The third-order valence-corrected chi connectivity index (χ3v) is 7.25. The molecule has 0 radical (unpaired) electrons. The van der Waals surface area contributed by atoms with Crippen LogP contribution in [-0.4, -0.2) is 27.3 Å². The van der Waals surface area contributed by atoms with Gasteiger partial charge in [0.25, 0.3) is 5.91 Å². The Hall–Kier alpha value is -3.07. The van der Waals surface area contributed by atoms with E-state index >= 15 is 0 Å². The van der Waals surface area contributed by atoms with Gasteiger partial charge >= 0.3 is 0 Å². The number of thiazole rings is 2. The number of carbonyl (C=O) groups excluding carboxylic acids is 1. The van der Waals surface area contributed by atoms with E-state index in [2.05, 4.69) is 44.5 Å². The molecule has 1 amide bonds. The number of nitrogens with one attached hydrogen (secondary N) is 1. The Morgan fingerprint density at radius 3 is 2.85 bits per heavy atom. The predicted octanol–water partition coefficient (Wildman–Crippen LogP) is 5.30. The van der Waals surface area contributed by atoms with Gasteiger partial charge in [0, 0.05) is 41.9 Å². The molecule has 0 saturated carbocycles. The minimum Gasteiger partial charge on any atom is -0.487 e. The maximum Gasteiger partial charge on any atom is 0.257 e. The molecule has 8 heteroatoms. The van der Waals surface area contributed by atoms with Gasteiger partial charge in [-0.1, -0.05) is 36.4 Å². The third-order valence-electron chi connectivity index (χ3n) is 5.43. The van der Waals surface area contributed by atoms with E-state index in [0.717, 1.165) is 42.5 Å². The highest BCUT2D eigenvalue weighted by Crippen LogP contribution is 2.29. The van der Waals surface area contributed by atoms with Gasteiger partial charge in [-0.05, 0) is 30.7 Å². The average molecular weight is 477 g/mol. The van der Waals surface area contributed by atoms with Gasteiger partial charge in [0.2, 0.25) is 0 Å². The van der Waals surface area contributed by atoms with E-state index in [1.807, 2.05) is 30.5 Å². The first kappa shape index (κ1) is 21.8. The number of fused-ring (bicyclic) bond motifs is 1. The van der Waals surface area contributed by atoms with Crippen LogP contribution in [0.5, 0.6) is 5.75 Å². The summed E-state index contributed by atoms with van der Waals surface area (Å²) in [5.41, 5.74) is 3.84. The number of anilines is 1. The lowest BCUT2D eigenvalue weighted by Crippen LogP contribution is -2.29. The zero-order valence-electron chi connectivity index (χ0n) is 18.3. The number of hydrogen-bond acceptors (Lipinski definition) is 7. The van der Waals surface area contributed by atoms with Crippen LogP contribution in [0.4, 0.5) is 5.13 Å². The summed E-state index contributed by atoms with van der Waals surface area (Å²) in [6.07, 6.45) is 0.897. The van der Waals surface area contributed by atoms with Crippen LogP contribution in [0.1, 0.15) is 37.2 Å². The van der Waals surface area contributed by atoms with E-state index in [4.69, 9.17) is 4.74 Å². The molecule has 0 bridgehead atoms. The lowest BCUT2D eigenvalue weighted by molar-refractivity contribution is 0.102. The van der Waals surface area contributed by atoms with E-state index < -0.39 is 0 Å². The monoisotopic (exact) mass is 476 g/mol. The smallest absolute Gasteiger partial charge is 0.257 e. The zero-order valence-corrected chi connectivity index (χ0v) is 19.9. The fraction of sp³-hybridized carbons (Fsp3) is 0.240. The van der Waals surface area contributed by atoms with E-state index in [1.54, 1.807) is 34.8 Å². The molecule has 4 aromatic rings. The standard InChI is InChI=1S/C25H24N4O2S2/c1-17-26-20(16-32-17)15-31-21-9-5-8-19(12-21)24(30)28-25-27-22-10-11-29(14-23(22)33-25)13-18-6-3-2-4-7-18/h2-9,12,16H,10-11,13-15H2,1H3,(H,27,28,30). The van der Waals surface area contributed by atoms with E-state index in [0.29, 0.717) is 23.1 Å². The first-order valence-corrected chi connectivity index (χ1v) is 12.5. The van der Waals surface area contributed by atoms with Gasteiger partial charge in [0.1, 0.15) is 12.4 Å². The van der Waals surface area contributed by atoms with Gasteiger partial charge in [-0.2, -0.15) is 0 Å². The molecule has 5 rings (SSSR count). The molecule has 1 aliphatic heterocycles. The first-order valence-electron chi connectivity index (χ1n) is 10.8. The summed E-state index contributed by atoms with van der Waals surface area (Å²) < 4.78 is 5.82.